The Balaban J connectivity index is 2.55. The van der Waals surface area contributed by atoms with Gasteiger partial charge in [-0.2, -0.15) is 0 Å². The molecule has 0 fully saturated rings. The summed E-state index contributed by atoms with van der Waals surface area (Å²) < 4.78 is 11.8. The molecule has 0 bridgehead atoms. The lowest BCUT2D eigenvalue weighted by atomic mass is 10.2. The molecule has 5 nitrogen and oxygen atoms in total. The van der Waals surface area contributed by atoms with E-state index in [9.17, 15) is 9.00 Å². The molecule has 1 amide bonds. The molecule has 18 heavy (non-hydrogen) atoms. The maximum atomic E-state index is 11.8. The molecule has 0 aliphatic heterocycles. The third kappa shape index (κ3) is 4.38. The molecule has 1 aromatic rings. The van der Waals surface area contributed by atoms with Crippen molar-refractivity contribution in [2.24, 2.45) is 0 Å². The van der Waals surface area contributed by atoms with Crippen molar-refractivity contribution in [1.29, 1.82) is 0 Å². The fraction of sp³-hybridized carbons (Fsp3) is 0.455. The first kappa shape index (κ1) is 15.1. The highest BCUT2D eigenvalue weighted by Crippen LogP contribution is 2.15. The molecule has 100 valence electrons. The van der Waals surface area contributed by atoms with E-state index < -0.39 is 10.8 Å². The van der Waals surface area contributed by atoms with Crippen LogP contribution < -0.4 is 11.1 Å². The number of hydrogen-bond donors (Lipinski definition) is 2. The Kier molecular flexibility index (Phi) is 5.74. The number of carbonyl (C=O) groups is 1. The first-order valence-electron chi connectivity index (χ1n) is 5.43. The highest BCUT2D eigenvalue weighted by Gasteiger charge is 2.12. The van der Waals surface area contributed by atoms with Crippen LogP contribution in [0.5, 0.6) is 0 Å². The quantitative estimate of drug-likeness (QED) is 0.850. The maximum Gasteiger partial charge on any atom is 0.255 e. The SMILES string of the molecule is CC(CCNC(=O)c1cc(Br)cnc1N)S(C)=O. The lowest BCUT2D eigenvalue weighted by molar-refractivity contribution is 0.0954. The van der Waals surface area contributed by atoms with Crippen LogP contribution in [0.25, 0.3) is 0 Å². The fourth-order valence-electron chi connectivity index (χ4n) is 1.28. The molecular weight excluding hydrogens is 318 g/mol. The summed E-state index contributed by atoms with van der Waals surface area (Å²) in [6, 6.07) is 1.62. The number of carbonyl (C=O) groups excluding carboxylic acids is 1. The molecule has 0 aliphatic carbocycles. The number of aromatic nitrogens is 1. The Morgan fingerprint density at radius 1 is 1.67 bits per heavy atom. The summed E-state index contributed by atoms with van der Waals surface area (Å²) in [6.07, 6.45) is 3.85. The number of nitrogens with zero attached hydrogens (tertiary/aromatic N) is 1. The topological polar surface area (TPSA) is 85.1 Å². The van der Waals surface area contributed by atoms with Gasteiger partial charge in [0.05, 0.1) is 5.56 Å². The maximum absolute atomic E-state index is 11.8. The summed E-state index contributed by atoms with van der Waals surface area (Å²) in [5.41, 5.74) is 5.97. The van der Waals surface area contributed by atoms with Crippen LogP contribution in [0.1, 0.15) is 23.7 Å². The van der Waals surface area contributed by atoms with Crippen LogP contribution in [-0.4, -0.2) is 33.2 Å². The van der Waals surface area contributed by atoms with Crippen molar-refractivity contribution in [3.63, 3.8) is 0 Å². The molecule has 1 rings (SSSR count). The van der Waals surface area contributed by atoms with Gasteiger partial charge < -0.3 is 11.1 Å². The van der Waals surface area contributed by atoms with Gasteiger partial charge in [-0.25, -0.2) is 4.98 Å². The number of pyridine rings is 1. The van der Waals surface area contributed by atoms with E-state index in [1.807, 2.05) is 6.92 Å². The lowest BCUT2D eigenvalue weighted by Crippen LogP contribution is -2.28. The minimum atomic E-state index is -0.873. The molecule has 7 heteroatoms. The summed E-state index contributed by atoms with van der Waals surface area (Å²) in [4.78, 5) is 15.7. The smallest absolute Gasteiger partial charge is 0.255 e. The molecular formula is C11H16BrN3O2S. The number of nitrogens with two attached hydrogens (primary N) is 1. The van der Waals surface area contributed by atoms with Crippen LogP contribution in [0, 0.1) is 0 Å². The van der Waals surface area contributed by atoms with Crippen molar-refractivity contribution in [2.75, 3.05) is 18.5 Å². The standard InChI is InChI=1S/C11H16BrN3O2S/c1-7(18(2)17)3-4-14-11(16)9-5-8(12)6-15-10(9)13/h5-7H,3-4H2,1-2H3,(H2,13,15)(H,14,16). The van der Waals surface area contributed by atoms with Gasteiger partial charge in [0.15, 0.2) is 0 Å². The number of rotatable bonds is 5. The Bertz CT molecular complexity index is 468. The van der Waals surface area contributed by atoms with Crippen molar-refractivity contribution in [3.8, 4) is 0 Å². The fourth-order valence-corrected chi connectivity index (χ4v) is 2.06. The first-order chi connectivity index (χ1) is 8.41. The van der Waals surface area contributed by atoms with Crippen molar-refractivity contribution in [2.45, 2.75) is 18.6 Å². The highest BCUT2D eigenvalue weighted by molar-refractivity contribution is 9.10. The van der Waals surface area contributed by atoms with Crippen LogP contribution in [-0.2, 0) is 10.8 Å². The summed E-state index contributed by atoms with van der Waals surface area (Å²) in [7, 11) is -0.873. The lowest BCUT2D eigenvalue weighted by Gasteiger charge is -2.10. The second-order valence-corrected chi connectivity index (χ2v) is 6.66. The van der Waals surface area contributed by atoms with Gasteiger partial charge >= 0.3 is 0 Å². The van der Waals surface area contributed by atoms with E-state index in [0.29, 0.717) is 23.0 Å². The van der Waals surface area contributed by atoms with E-state index in [1.54, 1.807) is 12.3 Å². The summed E-state index contributed by atoms with van der Waals surface area (Å²) in [6.45, 7) is 2.35. The Labute approximate surface area is 117 Å². The highest BCUT2D eigenvalue weighted by atomic mass is 79.9. The van der Waals surface area contributed by atoms with E-state index in [4.69, 9.17) is 5.73 Å². The van der Waals surface area contributed by atoms with Gasteiger partial charge in [-0.3, -0.25) is 9.00 Å². The van der Waals surface area contributed by atoms with Gasteiger partial charge in [-0.15, -0.1) is 0 Å². The number of halogens is 1. The van der Waals surface area contributed by atoms with Gasteiger partial charge in [0.1, 0.15) is 5.82 Å². The van der Waals surface area contributed by atoms with Crippen LogP contribution in [0.4, 0.5) is 5.82 Å². The Hall–Kier alpha value is -0.950. The summed E-state index contributed by atoms with van der Waals surface area (Å²) in [5.74, 6) is -0.0711. The van der Waals surface area contributed by atoms with Crippen LogP contribution in [0.3, 0.4) is 0 Å². The summed E-state index contributed by atoms with van der Waals surface area (Å²) in [5, 5.41) is 2.80. The van der Waals surface area contributed by atoms with E-state index in [2.05, 4.69) is 26.2 Å². The zero-order valence-corrected chi connectivity index (χ0v) is 12.7. The van der Waals surface area contributed by atoms with Gasteiger partial charge in [-0.1, -0.05) is 6.92 Å². The Morgan fingerprint density at radius 3 is 2.94 bits per heavy atom. The van der Waals surface area contributed by atoms with Crippen molar-refractivity contribution in [1.82, 2.24) is 10.3 Å². The van der Waals surface area contributed by atoms with E-state index in [1.165, 1.54) is 6.20 Å². The second kappa shape index (κ2) is 6.84. The number of nitrogen functional groups attached to an aromatic ring is 1. The van der Waals surface area contributed by atoms with Gasteiger partial charge in [0, 0.05) is 39.5 Å². The number of anilines is 1. The zero-order valence-electron chi connectivity index (χ0n) is 10.3. The number of hydrogen-bond acceptors (Lipinski definition) is 4. The normalized spacial score (nSPS) is 13.9. The number of amides is 1. The third-order valence-corrected chi connectivity index (χ3v) is 4.34. The van der Waals surface area contributed by atoms with Gasteiger partial charge in [0.25, 0.3) is 5.91 Å². The minimum absolute atomic E-state index is 0.0586. The van der Waals surface area contributed by atoms with Crippen molar-refractivity contribution < 1.29 is 9.00 Å². The number of nitrogens with one attached hydrogen (secondary N) is 1. The van der Waals surface area contributed by atoms with Crippen LogP contribution >= 0.6 is 15.9 Å². The molecule has 2 unspecified atom stereocenters. The first-order valence-corrected chi connectivity index (χ1v) is 7.84. The van der Waals surface area contributed by atoms with Crippen LogP contribution in [0.2, 0.25) is 0 Å². The predicted molar refractivity (Wildman–Crippen MR) is 76.8 cm³/mol. The average Bonchev–Trinajstić information content (AvgIpc) is 2.31. The van der Waals surface area contributed by atoms with Gasteiger partial charge in [-0.05, 0) is 28.4 Å². The predicted octanol–water partition coefficient (Wildman–Crippen LogP) is 1.31. The van der Waals surface area contributed by atoms with E-state index in [-0.39, 0.29) is 17.0 Å². The van der Waals surface area contributed by atoms with Crippen molar-refractivity contribution in [3.05, 3.63) is 22.3 Å². The minimum Gasteiger partial charge on any atom is -0.383 e. The third-order valence-electron chi connectivity index (χ3n) is 2.53. The van der Waals surface area contributed by atoms with E-state index >= 15 is 0 Å². The molecule has 0 radical (unpaired) electrons. The molecule has 0 aliphatic rings. The largest absolute Gasteiger partial charge is 0.383 e. The zero-order chi connectivity index (χ0) is 13.7. The second-order valence-electron chi connectivity index (χ2n) is 3.94. The summed E-state index contributed by atoms with van der Waals surface area (Å²) >= 11 is 3.24. The van der Waals surface area contributed by atoms with E-state index in [0.717, 1.165) is 0 Å². The molecule has 0 spiro atoms. The molecule has 0 saturated heterocycles. The monoisotopic (exact) mass is 333 g/mol. The molecule has 2 atom stereocenters. The molecule has 1 heterocycles. The average molecular weight is 334 g/mol. The van der Waals surface area contributed by atoms with Gasteiger partial charge in [0.2, 0.25) is 0 Å². The molecule has 0 aromatic carbocycles. The molecule has 3 N–H and O–H groups in total. The van der Waals surface area contributed by atoms with Crippen LogP contribution in [0.15, 0.2) is 16.7 Å². The molecule has 0 saturated carbocycles. The van der Waals surface area contributed by atoms with Crippen molar-refractivity contribution >= 4 is 38.5 Å². The Morgan fingerprint density at radius 2 is 2.33 bits per heavy atom. The molecule has 1 aromatic heterocycles.